The molecule has 1 saturated heterocycles. The van der Waals surface area contributed by atoms with Crippen molar-refractivity contribution in [1.82, 2.24) is 15.5 Å². The van der Waals surface area contributed by atoms with E-state index >= 15 is 0 Å². The van der Waals surface area contributed by atoms with Gasteiger partial charge in [0.2, 0.25) is 5.91 Å². The topological polar surface area (TPSA) is 44.4 Å². The van der Waals surface area contributed by atoms with Crippen molar-refractivity contribution in [2.24, 2.45) is 0 Å². The summed E-state index contributed by atoms with van der Waals surface area (Å²) in [5, 5.41) is 6.30. The van der Waals surface area contributed by atoms with Crippen LogP contribution < -0.4 is 10.6 Å². The van der Waals surface area contributed by atoms with E-state index in [1.165, 1.54) is 11.1 Å². The molecule has 0 spiro atoms. The van der Waals surface area contributed by atoms with E-state index in [0.29, 0.717) is 6.04 Å². The van der Waals surface area contributed by atoms with Crippen LogP contribution in [0.25, 0.3) is 0 Å². The summed E-state index contributed by atoms with van der Waals surface area (Å²) in [7, 11) is 0. The highest BCUT2D eigenvalue weighted by atomic mass is 32.2. The number of carbonyl (C=O) groups excluding carboxylic acids is 1. The highest BCUT2D eigenvalue weighted by Gasteiger charge is 2.24. The number of rotatable bonds is 4. The van der Waals surface area contributed by atoms with E-state index < -0.39 is 0 Å². The summed E-state index contributed by atoms with van der Waals surface area (Å²) in [6, 6.07) is 9.03. The van der Waals surface area contributed by atoms with Gasteiger partial charge in [-0.05, 0) is 24.5 Å². The number of fused-ring (bicyclic) bond motifs is 1. The minimum Gasteiger partial charge on any atom is -0.353 e. The molecule has 2 unspecified atom stereocenters. The van der Waals surface area contributed by atoms with Gasteiger partial charge in [-0.15, -0.1) is 11.8 Å². The second-order valence-electron chi connectivity index (χ2n) is 5.86. The summed E-state index contributed by atoms with van der Waals surface area (Å²) in [4.78, 5) is 14.5. The van der Waals surface area contributed by atoms with Crippen molar-refractivity contribution in [3.63, 3.8) is 0 Å². The van der Waals surface area contributed by atoms with Gasteiger partial charge in [-0.2, -0.15) is 0 Å². The predicted octanol–water partition coefficient (Wildman–Crippen LogP) is 1.21. The summed E-state index contributed by atoms with van der Waals surface area (Å²) in [5.74, 6) is 1.91. The number of hydrogen-bond donors (Lipinski definition) is 2. The lowest BCUT2D eigenvalue weighted by molar-refractivity contribution is -0.122. The SMILES string of the molecule is CC(CNC(=O)C1CSCN1)N1CCc2ccccc2C1. The third kappa shape index (κ3) is 3.59. The molecule has 2 N–H and O–H groups in total. The van der Waals surface area contributed by atoms with Crippen LogP contribution in [-0.2, 0) is 17.8 Å². The van der Waals surface area contributed by atoms with Crippen molar-refractivity contribution >= 4 is 17.7 Å². The van der Waals surface area contributed by atoms with Gasteiger partial charge in [0, 0.05) is 37.3 Å². The zero-order valence-corrected chi connectivity index (χ0v) is 13.3. The Labute approximate surface area is 130 Å². The van der Waals surface area contributed by atoms with Gasteiger partial charge < -0.3 is 5.32 Å². The Morgan fingerprint density at radius 3 is 3.05 bits per heavy atom. The molecule has 1 amide bonds. The van der Waals surface area contributed by atoms with Crippen molar-refractivity contribution in [2.45, 2.75) is 32.0 Å². The van der Waals surface area contributed by atoms with Crippen molar-refractivity contribution in [3.05, 3.63) is 35.4 Å². The molecule has 2 aliphatic rings. The Bertz CT molecular complexity index is 502. The molecule has 0 aliphatic carbocycles. The maximum Gasteiger partial charge on any atom is 0.238 e. The molecule has 2 atom stereocenters. The Balaban J connectivity index is 1.50. The molecular formula is C16H23N3OS. The maximum atomic E-state index is 12.0. The molecular weight excluding hydrogens is 282 g/mol. The summed E-state index contributed by atoms with van der Waals surface area (Å²) >= 11 is 1.78. The monoisotopic (exact) mass is 305 g/mol. The molecule has 0 saturated carbocycles. The van der Waals surface area contributed by atoms with E-state index in [2.05, 4.69) is 46.7 Å². The first kappa shape index (κ1) is 14.9. The Hall–Kier alpha value is -1.04. The number of hydrogen-bond acceptors (Lipinski definition) is 4. The van der Waals surface area contributed by atoms with E-state index in [1.54, 1.807) is 11.8 Å². The standard InChI is InChI=1S/C16H23N3OS/c1-12(8-17-16(20)15-10-21-11-18-15)19-7-6-13-4-2-3-5-14(13)9-19/h2-5,12,15,18H,6-11H2,1H3,(H,17,20). The number of nitrogens with zero attached hydrogens (tertiary/aromatic N) is 1. The zero-order chi connectivity index (χ0) is 14.7. The van der Waals surface area contributed by atoms with Crippen molar-refractivity contribution in [2.75, 3.05) is 24.7 Å². The lowest BCUT2D eigenvalue weighted by atomic mass is 9.99. The van der Waals surface area contributed by atoms with Gasteiger partial charge in [0.05, 0.1) is 6.04 Å². The first-order valence-corrected chi connectivity index (χ1v) is 8.79. The molecule has 3 rings (SSSR count). The summed E-state index contributed by atoms with van der Waals surface area (Å²) in [6.07, 6.45) is 1.11. The molecule has 5 heteroatoms. The molecule has 2 aliphatic heterocycles. The van der Waals surface area contributed by atoms with Crippen LogP contribution in [0, 0.1) is 0 Å². The summed E-state index contributed by atoms with van der Waals surface area (Å²) in [5.41, 5.74) is 2.90. The molecule has 1 fully saturated rings. The van der Waals surface area contributed by atoms with Crippen LogP contribution in [0.4, 0.5) is 0 Å². The first-order valence-electron chi connectivity index (χ1n) is 7.63. The van der Waals surface area contributed by atoms with Gasteiger partial charge in [0.25, 0.3) is 0 Å². The number of carbonyl (C=O) groups is 1. The van der Waals surface area contributed by atoms with Crippen LogP contribution in [0.1, 0.15) is 18.1 Å². The zero-order valence-electron chi connectivity index (χ0n) is 12.5. The largest absolute Gasteiger partial charge is 0.353 e. The maximum absolute atomic E-state index is 12.0. The van der Waals surface area contributed by atoms with Crippen LogP contribution in [0.3, 0.4) is 0 Å². The quantitative estimate of drug-likeness (QED) is 0.878. The average molecular weight is 305 g/mol. The Morgan fingerprint density at radius 1 is 1.48 bits per heavy atom. The molecule has 2 heterocycles. The molecule has 0 aromatic heterocycles. The number of thioether (sulfide) groups is 1. The van der Waals surface area contributed by atoms with E-state index in [1.807, 2.05) is 0 Å². The van der Waals surface area contributed by atoms with E-state index in [-0.39, 0.29) is 11.9 Å². The normalized spacial score (nSPS) is 23.6. The molecule has 1 aromatic rings. The van der Waals surface area contributed by atoms with Crippen LogP contribution in [-0.4, -0.2) is 47.6 Å². The van der Waals surface area contributed by atoms with Crippen molar-refractivity contribution < 1.29 is 4.79 Å². The minimum absolute atomic E-state index is 0.00992. The highest BCUT2D eigenvalue weighted by Crippen LogP contribution is 2.20. The van der Waals surface area contributed by atoms with E-state index in [4.69, 9.17) is 0 Å². The van der Waals surface area contributed by atoms with Crippen LogP contribution >= 0.6 is 11.8 Å². The van der Waals surface area contributed by atoms with Crippen LogP contribution in [0.15, 0.2) is 24.3 Å². The molecule has 114 valence electrons. The molecule has 0 radical (unpaired) electrons. The van der Waals surface area contributed by atoms with Gasteiger partial charge in [0.15, 0.2) is 0 Å². The van der Waals surface area contributed by atoms with Crippen LogP contribution in [0.5, 0.6) is 0 Å². The Kier molecular flexibility index (Phi) is 4.83. The average Bonchev–Trinajstić information content (AvgIpc) is 3.06. The van der Waals surface area contributed by atoms with Gasteiger partial charge >= 0.3 is 0 Å². The molecule has 21 heavy (non-hydrogen) atoms. The molecule has 0 bridgehead atoms. The smallest absolute Gasteiger partial charge is 0.238 e. The highest BCUT2D eigenvalue weighted by molar-refractivity contribution is 7.99. The van der Waals surface area contributed by atoms with Gasteiger partial charge in [0.1, 0.15) is 0 Å². The fourth-order valence-corrected chi connectivity index (χ4v) is 3.90. The van der Waals surface area contributed by atoms with Gasteiger partial charge in [-0.25, -0.2) is 0 Å². The van der Waals surface area contributed by atoms with Gasteiger partial charge in [-0.1, -0.05) is 24.3 Å². The van der Waals surface area contributed by atoms with Crippen LogP contribution in [0.2, 0.25) is 0 Å². The summed E-state index contributed by atoms with van der Waals surface area (Å²) in [6.45, 7) is 4.99. The second-order valence-corrected chi connectivity index (χ2v) is 6.89. The lowest BCUT2D eigenvalue weighted by Crippen LogP contribution is -2.48. The summed E-state index contributed by atoms with van der Waals surface area (Å²) < 4.78 is 0. The fourth-order valence-electron chi connectivity index (χ4n) is 2.96. The third-order valence-corrected chi connectivity index (χ3v) is 5.33. The lowest BCUT2D eigenvalue weighted by Gasteiger charge is -2.34. The molecule has 4 nitrogen and oxygen atoms in total. The third-order valence-electron chi connectivity index (χ3n) is 4.39. The van der Waals surface area contributed by atoms with Crippen molar-refractivity contribution in [3.8, 4) is 0 Å². The number of nitrogens with one attached hydrogen (secondary N) is 2. The van der Waals surface area contributed by atoms with E-state index in [0.717, 1.165) is 37.7 Å². The minimum atomic E-state index is -0.00992. The number of benzene rings is 1. The van der Waals surface area contributed by atoms with Crippen molar-refractivity contribution in [1.29, 1.82) is 0 Å². The Morgan fingerprint density at radius 2 is 2.29 bits per heavy atom. The molecule has 1 aromatic carbocycles. The van der Waals surface area contributed by atoms with Gasteiger partial charge in [-0.3, -0.25) is 15.0 Å². The van der Waals surface area contributed by atoms with E-state index in [9.17, 15) is 4.79 Å². The first-order chi connectivity index (χ1) is 10.2. The number of amides is 1. The second kappa shape index (κ2) is 6.81. The predicted molar refractivity (Wildman–Crippen MR) is 87.3 cm³/mol. The fraction of sp³-hybridized carbons (Fsp3) is 0.562.